The highest BCUT2D eigenvalue weighted by Crippen LogP contribution is 2.21. The number of nitrogens with zero attached hydrogens (tertiary/aromatic N) is 2. The molecule has 0 aromatic heterocycles. The second kappa shape index (κ2) is 12.3. The van der Waals surface area contributed by atoms with Crippen LogP contribution in [0.3, 0.4) is 0 Å². The molecule has 9 heteroatoms. The number of hydrogen-bond donors (Lipinski definition) is 2. The van der Waals surface area contributed by atoms with Crippen LogP contribution in [0, 0.1) is 5.92 Å². The molecule has 2 N–H and O–H groups in total. The number of unbranched alkanes of at least 4 members (excludes halogenated alkanes) is 1. The number of anilines is 1. The Bertz CT molecular complexity index is 1050. The van der Waals surface area contributed by atoms with E-state index in [-0.39, 0.29) is 30.8 Å². The van der Waals surface area contributed by atoms with Crippen LogP contribution in [-0.4, -0.2) is 64.8 Å². The van der Waals surface area contributed by atoms with Crippen molar-refractivity contribution in [2.24, 2.45) is 5.92 Å². The average Bonchev–Trinajstić information content (AvgIpc) is 2.84. The SMILES string of the molecule is CCCNC(=O)CCCCN1C(=O)C2C=CC=CC2=[N+](CC(=O)Nc2cccc(SC)c2)C1=O. The fourth-order valence-electron chi connectivity index (χ4n) is 3.83. The summed E-state index contributed by atoms with van der Waals surface area (Å²) in [5.41, 5.74) is 1.15. The van der Waals surface area contributed by atoms with Crippen molar-refractivity contribution in [3.8, 4) is 0 Å². The lowest BCUT2D eigenvalue weighted by Crippen LogP contribution is -2.55. The molecule has 5 amide bonds. The van der Waals surface area contributed by atoms with Crippen LogP contribution in [0.1, 0.15) is 32.6 Å². The molecule has 1 aromatic rings. The van der Waals surface area contributed by atoms with Crippen molar-refractivity contribution in [2.75, 3.05) is 31.2 Å². The Morgan fingerprint density at radius 1 is 1.15 bits per heavy atom. The van der Waals surface area contributed by atoms with Crippen LogP contribution in [0.4, 0.5) is 10.5 Å². The van der Waals surface area contributed by atoms with Gasteiger partial charge in [-0.3, -0.25) is 9.59 Å². The summed E-state index contributed by atoms with van der Waals surface area (Å²) in [6.45, 7) is 2.63. The van der Waals surface area contributed by atoms with Gasteiger partial charge in [-0.1, -0.05) is 31.2 Å². The van der Waals surface area contributed by atoms with Crippen LogP contribution >= 0.6 is 11.8 Å². The maximum atomic E-state index is 13.2. The third-order valence-corrected chi connectivity index (χ3v) is 6.29. The number of thioether (sulfide) groups is 1. The molecule has 0 radical (unpaired) electrons. The van der Waals surface area contributed by atoms with Crippen LogP contribution in [0.25, 0.3) is 0 Å². The van der Waals surface area contributed by atoms with Gasteiger partial charge in [-0.2, -0.15) is 14.3 Å². The number of fused-ring (bicyclic) bond motifs is 1. The first kappa shape index (κ1) is 25.4. The van der Waals surface area contributed by atoms with E-state index in [4.69, 9.17) is 0 Å². The van der Waals surface area contributed by atoms with Gasteiger partial charge in [0.2, 0.25) is 5.91 Å². The topological polar surface area (TPSA) is 98.6 Å². The quantitative estimate of drug-likeness (QED) is 0.286. The second-order valence-electron chi connectivity index (χ2n) is 8.09. The lowest BCUT2D eigenvalue weighted by molar-refractivity contribution is -0.427. The van der Waals surface area contributed by atoms with Gasteiger partial charge in [0.15, 0.2) is 6.54 Å². The van der Waals surface area contributed by atoms with Crippen molar-refractivity contribution in [1.82, 2.24) is 10.2 Å². The molecule has 0 bridgehead atoms. The molecule has 1 aliphatic carbocycles. The van der Waals surface area contributed by atoms with Crippen molar-refractivity contribution in [2.45, 2.75) is 37.5 Å². The molecular weight excluding hydrogens is 452 g/mol. The maximum absolute atomic E-state index is 13.2. The fourth-order valence-corrected chi connectivity index (χ4v) is 4.29. The van der Waals surface area contributed by atoms with Crippen LogP contribution in [0.15, 0.2) is 53.5 Å². The molecule has 0 saturated heterocycles. The molecule has 8 nitrogen and oxygen atoms in total. The molecule has 1 unspecified atom stereocenters. The Morgan fingerprint density at radius 2 is 1.97 bits per heavy atom. The number of amides is 5. The molecule has 180 valence electrons. The number of allylic oxidation sites excluding steroid dienone is 3. The van der Waals surface area contributed by atoms with Crippen molar-refractivity contribution in [3.63, 3.8) is 0 Å². The van der Waals surface area contributed by atoms with Gasteiger partial charge in [0.1, 0.15) is 11.6 Å². The summed E-state index contributed by atoms with van der Waals surface area (Å²) in [5, 5.41) is 5.66. The van der Waals surface area contributed by atoms with Crippen LogP contribution in [0.2, 0.25) is 0 Å². The highest BCUT2D eigenvalue weighted by Gasteiger charge is 2.46. The normalized spacial score (nSPS) is 17.1. The van der Waals surface area contributed by atoms with Crippen LogP contribution in [0.5, 0.6) is 0 Å². The molecule has 1 atom stereocenters. The number of carbonyl (C=O) groups excluding carboxylic acids is 4. The first-order valence-electron chi connectivity index (χ1n) is 11.5. The minimum absolute atomic E-state index is 0.0297. The highest BCUT2D eigenvalue weighted by atomic mass is 32.2. The lowest BCUT2D eigenvalue weighted by Gasteiger charge is -2.26. The monoisotopic (exact) mass is 483 g/mol. The molecule has 1 heterocycles. The maximum Gasteiger partial charge on any atom is 0.501 e. The largest absolute Gasteiger partial charge is 0.501 e. The Morgan fingerprint density at radius 3 is 2.74 bits per heavy atom. The molecule has 0 saturated carbocycles. The summed E-state index contributed by atoms with van der Waals surface area (Å²) >= 11 is 1.57. The molecule has 2 aliphatic rings. The van der Waals surface area contributed by atoms with E-state index in [9.17, 15) is 19.2 Å². The van der Waals surface area contributed by atoms with E-state index in [1.807, 2.05) is 31.4 Å². The zero-order valence-electron chi connectivity index (χ0n) is 19.6. The summed E-state index contributed by atoms with van der Waals surface area (Å²) < 4.78 is 1.37. The van der Waals surface area contributed by atoms with Gasteiger partial charge < -0.3 is 10.6 Å². The smallest absolute Gasteiger partial charge is 0.356 e. The Kier molecular flexibility index (Phi) is 9.21. The van der Waals surface area contributed by atoms with E-state index in [1.54, 1.807) is 42.1 Å². The van der Waals surface area contributed by atoms with Crippen molar-refractivity contribution in [3.05, 3.63) is 48.6 Å². The Balaban J connectivity index is 1.68. The summed E-state index contributed by atoms with van der Waals surface area (Å²) in [6.07, 6.45) is 11.2. The Hall–Kier alpha value is -3.20. The van der Waals surface area contributed by atoms with E-state index in [1.165, 1.54) is 9.48 Å². The fraction of sp³-hybridized carbons (Fsp3) is 0.400. The first-order chi connectivity index (χ1) is 16.4. The van der Waals surface area contributed by atoms with E-state index < -0.39 is 11.9 Å². The molecule has 1 aromatic carbocycles. The standard InChI is InChI=1S/C25H30N4O4S/c1-3-14-26-22(30)13-6-7-15-28-24(32)20-11-4-5-12-21(20)29(25(28)33)17-23(31)27-18-9-8-10-19(16-18)34-2/h4-5,8-12,16,20H,3,6-7,13-15,17H2,1-2H3,(H-,26,27,30,31)/p+1. The van der Waals surface area contributed by atoms with Gasteiger partial charge in [-0.05, 0) is 49.8 Å². The summed E-state index contributed by atoms with van der Waals surface area (Å²) in [4.78, 5) is 53.1. The molecular formula is C25H31N4O4S+. The molecule has 1 aliphatic heterocycles. The number of urea groups is 1. The minimum atomic E-state index is -0.608. The lowest BCUT2D eigenvalue weighted by atomic mass is 9.94. The summed E-state index contributed by atoms with van der Waals surface area (Å²) in [7, 11) is 0. The average molecular weight is 484 g/mol. The summed E-state index contributed by atoms with van der Waals surface area (Å²) in [6, 6.07) is 6.95. The van der Waals surface area contributed by atoms with E-state index >= 15 is 0 Å². The number of rotatable bonds is 11. The van der Waals surface area contributed by atoms with Gasteiger partial charge in [0, 0.05) is 23.5 Å². The van der Waals surface area contributed by atoms with Crippen LogP contribution < -0.4 is 10.6 Å². The third-order valence-electron chi connectivity index (χ3n) is 5.57. The van der Waals surface area contributed by atoms with Gasteiger partial charge in [-0.25, -0.2) is 4.79 Å². The number of hydrogen-bond acceptors (Lipinski definition) is 5. The number of benzene rings is 1. The van der Waals surface area contributed by atoms with E-state index in [0.717, 1.165) is 11.3 Å². The zero-order chi connectivity index (χ0) is 24.5. The van der Waals surface area contributed by atoms with E-state index in [0.29, 0.717) is 37.2 Å². The number of imide groups is 1. The summed E-state index contributed by atoms with van der Waals surface area (Å²) in [5.74, 6) is -1.29. The minimum Gasteiger partial charge on any atom is -0.356 e. The molecule has 0 fully saturated rings. The van der Waals surface area contributed by atoms with E-state index in [2.05, 4.69) is 10.6 Å². The van der Waals surface area contributed by atoms with Crippen molar-refractivity contribution in [1.29, 1.82) is 0 Å². The van der Waals surface area contributed by atoms with Crippen molar-refractivity contribution >= 4 is 46.9 Å². The third kappa shape index (κ3) is 6.44. The van der Waals surface area contributed by atoms with Crippen molar-refractivity contribution < 1.29 is 23.8 Å². The first-order valence-corrected chi connectivity index (χ1v) is 12.7. The van der Waals surface area contributed by atoms with Crippen LogP contribution in [-0.2, 0) is 14.4 Å². The predicted octanol–water partition coefficient (Wildman–Crippen LogP) is 3.20. The molecule has 34 heavy (non-hydrogen) atoms. The predicted molar refractivity (Wildman–Crippen MR) is 133 cm³/mol. The van der Waals surface area contributed by atoms with Gasteiger partial charge in [0.05, 0.1) is 6.54 Å². The van der Waals surface area contributed by atoms with Gasteiger partial charge in [-0.15, -0.1) is 11.8 Å². The Labute approximate surface area is 204 Å². The van der Waals surface area contributed by atoms with Gasteiger partial charge >= 0.3 is 11.9 Å². The number of nitrogens with one attached hydrogen (secondary N) is 2. The highest BCUT2D eigenvalue weighted by molar-refractivity contribution is 7.98. The zero-order valence-corrected chi connectivity index (χ0v) is 20.4. The number of carbonyl (C=O) groups is 4. The van der Waals surface area contributed by atoms with Gasteiger partial charge in [0.25, 0.3) is 5.91 Å². The molecule has 0 spiro atoms. The second-order valence-corrected chi connectivity index (χ2v) is 8.97. The molecule has 3 rings (SSSR count).